The summed E-state index contributed by atoms with van der Waals surface area (Å²) in [6.07, 6.45) is 9.18. The van der Waals surface area contributed by atoms with Gasteiger partial charge in [0.25, 0.3) is 0 Å². The molecule has 0 aliphatic carbocycles. The Morgan fingerprint density at radius 1 is 1.29 bits per heavy atom. The fourth-order valence-corrected chi connectivity index (χ4v) is 3.18. The molecular formula is C5H14S2. The van der Waals surface area contributed by atoms with E-state index in [0.29, 0.717) is 0 Å². The Labute approximate surface area is 52.4 Å². The van der Waals surface area contributed by atoms with E-state index in [1.54, 1.807) is 0 Å². The van der Waals surface area contributed by atoms with Crippen molar-refractivity contribution in [1.82, 2.24) is 0 Å². The molecule has 0 spiro atoms. The van der Waals surface area contributed by atoms with Crippen molar-refractivity contribution >= 4 is 21.8 Å². The molecule has 0 radical (unpaired) electrons. The lowest BCUT2D eigenvalue weighted by atomic mass is 11.8. The van der Waals surface area contributed by atoms with Gasteiger partial charge in [-0.1, -0.05) is 0 Å². The minimum absolute atomic E-state index is 0.211. The molecule has 0 nitrogen and oxygen atoms in total. The number of rotatable bonds is 2. The normalized spacial score (nSPS) is 14.3. The van der Waals surface area contributed by atoms with Crippen LogP contribution in [0.1, 0.15) is 0 Å². The van der Waals surface area contributed by atoms with E-state index in [4.69, 9.17) is 0 Å². The number of thioether (sulfide) groups is 1. The van der Waals surface area contributed by atoms with Gasteiger partial charge < -0.3 is 0 Å². The molecule has 0 saturated carbocycles. The van der Waals surface area contributed by atoms with Crippen LogP contribution in [0, 0.1) is 0 Å². The van der Waals surface area contributed by atoms with E-state index in [1.807, 2.05) is 11.8 Å². The first-order valence-electron chi connectivity index (χ1n) is 2.21. The van der Waals surface area contributed by atoms with Gasteiger partial charge in [0.05, 0.1) is 0 Å². The van der Waals surface area contributed by atoms with E-state index < -0.39 is 0 Å². The molecule has 0 aliphatic heterocycles. The van der Waals surface area contributed by atoms with Crippen molar-refractivity contribution < 1.29 is 0 Å². The first-order chi connectivity index (χ1) is 3.06. The monoisotopic (exact) mass is 138 g/mol. The van der Waals surface area contributed by atoms with Crippen LogP contribution in [-0.4, -0.2) is 30.1 Å². The number of hydrogen-bond donors (Lipinski definition) is 0. The van der Waals surface area contributed by atoms with Crippen molar-refractivity contribution in [2.24, 2.45) is 0 Å². The van der Waals surface area contributed by atoms with Crippen molar-refractivity contribution in [3.63, 3.8) is 0 Å². The van der Waals surface area contributed by atoms with Gasteiger partial charge in [0.15, 0.2) is 0 Å². The van der Waals surface area contributed by atoms with Crippen LogP contribution in [0.4, 0.5) is 0 Å². The fraction of sp³-hybridized carbons (Fsp3) is 1.00. The SMILES string of the molecule is CSCS(C)(C)C. The van der Waals surface area contributed by atoms with Crippen LogP contribution < -0.4 is 0 Å². The Hall–Kier alpha value is 0.700. The average Bonchev–Trinajstić information content (AvgIpc) is 1.30. The zero-order valence-electron chi connectivity index (χ0n) is 5.52. The second-order valence-corrected chi connectivity index (χ2v) is 8.20. The highest BCUT2D eigenvalue weighted by Gasteiger charge is 1.99. The van der Waals surface area contributed by atoms with Crippen LogP contribution in [0.3, 0.4) is 0 Å². The standard InChI is InChI=1S/C5H14S2/c1-6-5-7(2,3)4/h5H2,1-4H3. The van der Waals surface area contributed by atoms with Crippen molar-refractivity contribution in [2.75, 3.05) is 30.1 Å². The molecule has 0 aliphatic rings. The van der Waals surface area contributed by atoms with E-state index in [0.717, 1.165) is 0 Å². The van der Waals surface area contributed by atoms with E-state index >= 15 is 0 Å². The highest BCUT2D eigenvalue weighted by atomic mass is 32.3. The summed E-state index contributed by atoms with van der Waals surface area (Å²) in [5, 5.41) is 1.34. The molecule has 2 heteroatoms. The molecule has 7 heavy (non-hydrogen) atoms. The predicted octanol–water partition coefficient (Wildman–Crippen LogP) is 2.00. The average molecular weight is 138 g/mol. The Morgan fingerprint density at radius 3 is 1.71 bits per heavy atom. The van der Waals surface area contributed by atoms with Crippen LogP contribution in [-0.2, 0) is 0 Å². The third-order valence-corrected chi connectivity index (χ3v) is 4.24. The van der Waals surface area contributed by atoms with Gasteiger partial charge in [-0.05, 0) is 25.0 Å². The maximum Gasteiger partial charge on any atom is 0.0226 e. The summed E-state index contributed by atoms with van der Waals surface area (Å²) in [4.78, 5) is 0. The molecule has 0 aromatic heterocycles. The largest absolute Gasteiger partial charge is 0.241 e. The van der Waals surface area contributed by atoms with Gasteiger partial charge in [-0.2, -0.15) is 11.8 Å². The van der Waals surface area contributed by atoms with Crippen molar-refractivity contribution in [2.45, 2.75) is 0 Å². The van der Waals surface area contributed by atoms with E-state index in [9.17, 15) is 0 Å². The molecule has 0 aromatic rings. The Balaban J connectivity index is 3.15. The first kappa shape index (κ1) is 7.70. The molecule has 0 unspecified atom stereocenters. The third-order valence-electron chi connectivity index (χ3n) is 0.471. The predicted molar refractivity (Wildman–Crippen MR) is 43.7 cm³/mol. The van der Waals surface area contributed by atoms with Gasteiger partial charge in [0, 0.05) is 5.08 Å². The fourth-order valence-electron chi connectivity index (χ4n) is 0.354. The van der Waals surface area contributed by atoms with E-state index in [2.05, 4.69) is 25.0 Å². The van der Waals surface area contributed by atoms with E-state index in [1.165, 1.54) is 5.08 Å². The highest BCUT2D eigenvalue weighted by Crippen LogP contribution is 2.37. The van der Waals surface area contributed by atoms with Gasteiger partial charge >= 0.3 is 0 Å². The molecule has 0 rings (SSSR count). The topological polar surface area (TPSA) is 0 Å². The van der Waals surface area contributed by atoms with Gasteiger partial charge in [-0.25, -0.2) is 10.0 Å². The molecular weight excluding hydrogens is 124 g/mol. The molecule has 0 saturated heterocycles. The van der Waals surface area contributed by atoms with Crippen LogP contribution in [0.5, 0.6) is 0 Å². The van der Waals surface area contributed by atoms with E-state index in [-0.39, 0.29) is 10.0 Å². The van der Waals surface area contributed by atoms with Crippen LogP contribution >= 0.6 is 21.8 Å². The van der Waals surface area contributed by atoms with Gasteiger partial charge in [-0.15, -0.1) is 0 Å². The third kappa shape index (κ3) is 6.70. The highest BCUT2D eigenvalue weighted by molar-refractivity contribution is 8.38. The number of hydrogen-bond acceptors (Lipinski definition) is 1. The molecule has 0 atom stereocenters. The first-order valence-corrected chi connectivity index (χ1v) is 6.63. The van der Waals surface area contributed by atoms with Crippen molar-refractivity contribution in [1.29, 1.82) is 0 Å². The molecule has 46 valence electrons. The zero-order valence-corrected chi connectivity index (χ0v) is 7.16. The second kappa shape index (κ2) is 2.88. The van der Waals surface area contributed by atoms with Gasteiger partial charge in [0.1, 0.15) is 0 Å². The maximum absolute atomic E-state index is 2.34. The maximum atomic E-state index is 2.34. The smallest absolute Gasteiger partial charge is 0.0226 e. The summed E-state index contributed by atoms with van der Waals surface area (Å²) in [6, 6.07) is 0. The minimum Gasteiger partial charge on any atom is -0.241 e. The molecule has 0 amide bonds. The Kier molecular flexibility index (Phi) is 3.16. The van der Waals surface area contributed by atoms with Crippen LogP contribution in [0.15, 0.2) is 0 Å². The summed E-state index contributed by atoms with van der Waals surface area (Å²) in [6.45, 7) is 0. The summed E-state index contributed by atoms with van der Waals surface area (Å²) in [5.41, 5.74) is 0. The minimum atomic E-state index is -0.211. The zero-order chi connectivity index (χ0) is 5.91. The Morgan fingerprint density at radius 2 is 1.71 bits per heavy atom. The lowest BCUT2D eigenvalue weighted by Crippen LogP contribution is -1.92. The lowest BCUT2D eigenvalue weighted by molar-refractivity contribution is 1.97. The molecule has 0 N–H and O–H groups in total. The summed E-state index contributed by atoms with van der Waals surface area (Å²) >= 11 is 1.95. The van der Waals surface area contributed by atoms with Gasteiger partial charge in [0.2, 0.25) is 0 Å². The lowest BCUT2D eigenvalue weighted by Gasteiger charge is -2.22. The quantitative estimate of drug-likeness (QED) is 0.562. The second-order valence-electron chi connectivity index (χ2n) is 2.50. The van der Waals surface area contributed by atoms with Crippen LogP contribution in [0.2, 0.25) is 0 Å². The summed E-state index contributed by atoms with van der Waals surface area (Å²) in [7, 11) is -0.211. The van der Waals surface area contributed by atoms with Gasteiger partial charge in [-0.3, -0.25) is 0 Å². The molecule has 0 bridgehead atoms. The molecule has 0 fully saturated rings. The summed E-state index contributed by atoms with van der Waals surface area (Å²) < 4.78 is 0. The molecule has 0 aromatic carbocycles. The van der Waals surface area contributed by atoms with Crippen molar-refractivity contribution in [3.8, 4) is 0 Å². The Bertz CT molecular complexity index is 44.5. The molecule has 0 heterocycles. The van der Waals surface area contributed by atoms with Crippen molar-refractivity contribution in [3.05, 3.63) is 0 Å². The summed E-state index contributed by atoms with van der Waals surface area (Å²) in [5.74, 6) is 0. The van der Waals surface area contributed by atoms with Crippen LogP contribution in [0.25, 0.3) is 0 Å².